The van der Waals surface area contributed by atoms with Crippen LogP contribution >= 0.6 is 0 Å². The molecule has 0 aliphatic rings. The van der Waals surface area contributed by atoms with Crippen LogP contribution in [0, 0.1) is 0 Å². The number of alkyl halides is 3. The molecule has 0 fully saturated rings. The summed E-state index contributed by atoms with van der Waals surface area (Å²) in [7, 11) is 1.26. The van der Waals surface area contributed by atoms with Gasteiger partial charge in [-0.15, -0.1) is 13.2 Å². The average molecular weight is 422 g/mol. The van der Waals surface area contributed by atoms with E-state index in [-0.39, 0.29) is 28.1 Å². The molecular weight excluding hydrogens is 409 g/mol. The topological polar surface area (TPSA) is 84.2 Å². The summed E-state index contributed by atoms with van der Waals surface area (Å²) in [5, 5.41) is 0.552. The van der Waals surface area contributed by atoms with E-state index >= 15 is 0 Å². The van der Waals surface area contributed by atoms with E-state index in [0.29, 0.717) is 5.39 Å². The van der Waals surface area contributed by atoms with Crippen molar-refractivity contribution < 1.29 is 46.1 Å². The van der Waals surface area contributed by atoms with Gasteiger partial charge in [-0.2, -0.15) is 0 Å². The molecule has 0 radical (unpaired) electrons. The number of esters is 2. The van der Waals surface area contributed by atoms with E-state index in [0.717, 1.165) is 18.2 Å². The highest BCUT2D eigenvalue weighted by Crippen LogP contribution is 2.47. The third-order valence-corrected chi connectivity index (χ3v) is 3.82. The Morgan fingerprint density at radius 1 is 0.900 bits per heavy atom. The molecule has 156 valence electrons. The third-order valence-electron chi connectivity index (χ3n) is 3.82. The smallest absolute Gasteiger partial charge is 0.490 e. The number of hydrogen-bond donors (Lipinski definition) is 0. The minimum absolute atomic E-state index is 0.0129. The monoisotopic (exact) mass is 422 g/mol. The second-order valence-electron chi connectivity index (χ2n) is 5.64. The van der Waals surface area contributed by atoms with Crippen LogP contribution in [0.3, 0.4) is 0 Å². The lowest BCUT2D eigenvalue weighted by molar-refractivity contribution is -0.274. The number of rotatable bonds is 6. The van der Waals surface area contributed by atoms with Crippen LogP contribution in [0.15, 0.2) is 54.0 Å². The Bertz CT molecular complexity index is 1170. The molecule has 3 aromatic rings. The molecule has 0 atom stereocenters. The van der Waals surface area contributed by atoms with Crippen LogP contribution in [0.4, 0.5) is 13.2 Å². The largest absolute Gasteiger partial charge is 0.573 e. The van der Waals surface area contributed by atoms with E-state index in [4.69, 9.17) is 18.6 Å². The van der Waals surface area contributed by atoms with E-state index in [2.05, 4.69) is 17.9 Å². The average Bonchev–Trinajstić information content (AvgIpc) is 3.07. The molecule has 0 aliphatic carbocycles. The number of methoxy groups -OCH3 is 1. The fraction of sp³-hybridized carbons (Fsp3) is 0.100. The Morgan fingerprint density at radius 3 is 1.80 bits per heavy atom. The first-order valence-corrected chi connectivity index (χ1v) is 8.19. The van der Waals surface area contributed by atoms with Crippen LogP contribution in [0.2, 0.25) is 0 Å². The number of halogens is 3. The number of hydrogen-bond acceptors (Lipinski definition) is 7. The molecule has 0 saturated heterocycles. The summed E-state index contributed by atoms with van der Waals surface area (Å²) in [4.78, 5) is 23.0. The van der Waals surface area contributed by atoms with Gasteiger partial charge in [-0.25, -0.2) is 9.59 Å². The van der Waals surface area contributed by atoms with Gasteiger partial charge in [0.15, 0.2) is 22.7 Å². The van der Waals surface area contributed by atoms with E-state index in [1.54, 1.807) is 0 Å². The Kier molecular flexibility index (Phi) is 5.41. The zero-order valence-electron chi connectivity index (χ0n) is 15.4. The lowest BCUT2D eigenvalue weighted by Crippen LogP contribution is -2.18. The molecule has 0 aliphatic heterocycles. The molecule has 1 heterocycles. The molecule has 2 aromatic carbocycles. The second kappa shape index (κ2) is 7.82. The third kappa shape index (κ3) is 3.93. The maximum atomic E-state index is 13.0. The fourth-order valence-electron chi connectivity index (χ4n) is 2.68. The number of furan rings is 1. The first kappa shape index (κ1) is 20.8. The normalized spacial score (nSPS) is 11.2. The van der Waals surface area contributed by atoms with Gasteiger partial charge in [0.25, 0.3) is 0 Å². The van der Waals surface area contributed by atoms with Crippen LogP contribution in [0.1, 0.15) is 0 Å². The summed E-state index contributed by atoms with van der Waals surface area (Å²) in [5.74, 6) is -3.23. The van der Waals surface area contributed by atoms with Crippen molar-refractivity contribution in [2.45, 2.75) is 6.36 Å². The second-order valence-corrected chi connectivity index (χ2v) is 5.64. The predicted molar refractivity (Wildman–Crippen MR) is 98.6 cm³/mol. The summed E-state index contributed by atoms with van der Waals surface area (Å²) >= 11 is 0. The summed E-state index contributed by atoms with van der Waals surface area (Å²) in [6.07, 6.45) is -3.39. The number of ether oxygens (including phenoxy) is 4. The SMILES string of the molecule is C=CC(=O)Oc1ccc2c(oc3c(OC(F)(F)F)c(OC(=O)C=C)ccc32)c1OC. The van der Waals surface area contributed by atoms with Crippen molar-refractivity contribution in [3.8, 4) is 23.0 Å². The summed E-state index contributed by atoms with van der Waals surface area (Å²) in [6, 6.07) is 5.35. The zero-order valence-corrected chi connectivity index (χ0v) is 15.4. The van der Waals surface area contributed by atoms with E-state index in [9.17, 15) is 22.8 Å². The van der Waals surface area contributed by atoms with Gasteiger partial charge in [0.05, 0.1) is 7.11 Å². The van der Waals surface area contributed by atoms with Crippen molar-refractivity contribution in [3.63, 3.8) is 0 Å². The Hall–Kier alpha value is -3.95. The van der Waals surface area contributed by atoms with Crippen LogP contribution in [-0.2, 0) is 9.59 Å². The van der Waals surface area contributed by atoms with E-state index < -0.39 is 29.8 Å². The van der Waals surface area contributed by atoms with E-state index in [1.807, 2.05) is 0 Å². The lowest BCUT2D eigenvalue weighted by Gasteiger charge is -2.12. The zero-order chi connectivity index (χ0) is 22.1. The Morgan fingerprint density at radius 2 is 1.37 bits per heavy atom. The number of fused-ring (bicyclic) bond motifs is 3. The Labute approximate surface area is 166 Å². The van der Waals surface area contributed by atoms with Crippen LogP contribution in [-0.4, -0.2) is 25.4 Å². The molecule has 1 aromatic heterocycles. The number of carbonyl (C=O) groups excluding carboxylic acids is 2. The first-order valence-electron chi connectivity index (χ1n) is 8.19. The van der Waals surface area contributed by atoms with Gasteiger partial charge < -0.3 is 23.4 Å². The van der Waals surface area contributed by atoms with Crippen LogP contribution < -0.4 is 18.9 Å². The van der Waals surface area contributed by atoms with Crippen molar-refractivity contribution in [1.29, 1.82) is 0 Å². The summed E-state index contributed by atoms with van der Waals surface area (Å²) in [5.41, 5.74) is -0.372. The molecule has 0 unspecified atom stereocenters. The highest BCUT2D eigenvalue weighted by atomic mass is 19.4. The first-order chi connectivity index (χ1) is 14.2. The summed E-state index contributed by atoms with van der Waals surface area (Å²) < 4.78 is 63.8. The quantitative estimate of drug-likeness (QED) is 0.324. The van der Waals surface area contributed by atoms with Gasteiger partial charge in [-0.05, 0) is 24.3 Å². The molecule has 0 spiro atoms. The van der Waals surface area contributed by atoms with Gasteiger partial charge in [0, 0.05) is 22.9 Å². The van der Waals surface area contributed by atoms with Gasteiger partial charge in [0.1, 0.15) is 0 Å². The molecule has 0 bridgehead atoms. The number of carbonyl (C=O) groups is 2. The molecule has 10 heteroatoms. The molecule has 3 rings (SSSR count). The molecule has 7 nitrogen and oxygen atoms in total. The highest BCUT2D eigenvalue weighted by molar-refractivity contribution is 6.10. The minimum Gasteiger partial charge on any atom is -0.490 e. The molecule has 30 heavy (non-hydrogen) atoms. The highest BCUT2D eigenvalue weighted by Gasteiger charge is 2.35. The van der Waals surface area contributed by atoms with Gasteiger partial charge in [-0.3, -0.25) is 0 Å². The molecule has 0 saturated carbocycles. The molecular formula is C20H13F3O7. The van der Waals surface area contributed by atoms with Gasteiger partial charge in [-0.1, -0.05) is 13.2 Å². The van der Waals surface area contributed by atoms with Crippen molar-refractivity contribution in [2.24, 2.45) is 0 Å². The van der Waals surface area contributed by atoms with Crippen molar-refractivity contribution >= 4 is 33.9 Å². The van der Waals surface area contributed by atoms with Crippen LogP contribution in [0.5, 0.6) is 23.0 Å². The minimum atomic E-state index is -5.10. The van der Waals surface area contributed by atoms with Crippen molar-refractivity contribution in [3.05, 3.63) is 49.6 Å². The molecule has 0 amide bonds. The van der Waals surface area contributed by atoms with Crippen LogP contribution in [0.25, 0.3) is 21.9 Å². The van der Waals surface area contributed by atoms with E-state index in [1.165, 1.54) is 25.3 Å². The number of benzene rings is 2. The summed E-state index contributed by atoms with van der Waals surface area (Å²) in [6.45, 7) is 6.48. The maximum Gasteiger partial charge on any atom is 0.573 e. The predicted octanol–water partition coefficient (Wildman–Crippen LogP) is 4.68. The maximum absolute atomic E-state index is 13.0. The Balaban J connectivity index is 2.29. The molecule has 0 N–H and O–H groups in total. The standard InChI is InChI=1S/C20H13F3O7/c1-4-14(24)27-12-8-6-10-11-7-9-13(28-15(25)5-2)19(30-20(21,22)23)17(11)29-16(10)18(12)26-3/h4-9H,1-2H2,3H3. The van der Waals surface area contributed by atoms with Crippen molar-refractivity contribution in [2.75, 3.05) is 7.11 Å². The lowest BCUT2D eigenvalue weighted by atomic mass is 10.1. The van der Waals surface area contributed by atoms with Gasteiger partial charge in [0.2, 0.25) is 11.5 Å². The van der Waals surface area contributed by atoms with Gasteiger partial charge >= 0.3 is 18.3 Å². The fourth-order valence-corrected chi connectivity index (χ4v) is 2.68. The van der Waals surface area contributed by atoms with Crippen molar-refractivity contribution in [1.82, 2.24) is 0 Å².